The summed E-state index contributed by atoms with van der Waals surface area (Å²) >= 11 is 3.55. The standard InChI is InChI=1S/C42H30N2S2/c1-25-11-21-35-37(23-25)45-41(43-35)29-17-13-27(14-18-29)39-31-7-3-5-9-33(31)40(34-10-6-4-8-32(34)39)28-15-19-30(20-16-28)42-44-36-22-12-26(2)24-38(36)46-42/h3-15,17-24,28H,16H2,1-2H3. The summed E-state index contributed by atoms with van der Waals surface area (Å²) in [5.41, 5.74) is 11.0. The summed E-state index contributed by atoms with van der Waals surface area (Å²) in [6.45, 7) is 4.28. The third-order valence-electron chi connectivity index (χ3n) is 9.20. The highest BCUT2D eigenvalue weighted by Crippen LogP contribution is 2.45. The van der Waals surface area contributed by atoms with E-state index in [4.69, 9.17) is 9.97 Å². The number of fused-ring (bicyclic) bond motifs is 4. The van der Waals surface area contributed by atoms with E-state index in [-0.39, 0.29) is 5.92 Å². The van der Waals surface area contributed by atoms with Gasteiger partial charge in [-0.1, -0.05) is 103 Å². The van der Waals surface area contributed by atoms with Crippen molar-refractivity contribution in [2.75, 3.05) is 0 Å². The second kappa shape index (κ2) is 10.9. The predicted octanol–water partition coefficient (Wildman–Crippen LogP) is 12.3. The molecular formula is C42H30N2S2. The van der Waals surface area contributed by atoms with Crippen molar-refractivity contribution in [1.29, 1.82) is 0 Å². The maximum Gasteiger partial charge on any atom is 0.124 e. The van der Waals surface area contributed by atoms with Crippen molar-refractivity contribution in [2.24, 2.45) is 0 Å². The lowest BCUT2D eigenvalue weighted by Crippen LogP contribution is -2.02. The monoisotopic (exact) mass is 626 g/mol. The molecule has 4 heteroatoms. The lowest BCUT2D eigenvalue weighted by molar-refractivity contribution is 0.872. The Morgan fingerprint density at radius 3 is 1.72 bits per heavy atom. The summed E-state index contributed by atoms with van der Waals surface area (Å²) in [5, 5.41) is 7.40. The van der Waals surface area contributed by atoms with E-state index in [0.29, 0.717) is 0 Å². The first-order chi connectivity index (χ1) is 22.6. The molecule has 0 fully saturated rings. The average Bonchev–Trinajstić information content (AvgIpc) is 3.71. The number of nitrogens with zero attached hydrogens (tertiary/aromatic N) is 2. The molecule has 1 unspecified atom stereocenters. The van der Waals surface area contributed by atoms with Gasteiger partial charge in [-0.3, -0.25) is 0 Å². The number of hydrogen-bond acceptors (Lipinski definition) is 4. The van der Waals surface area contributed by atoms with E-state index in [9.17, 15) is 0 Å². The number of aromatic nitrogens is 2. The molecule has 8 aromatic rings. The summed E-state index contributed by atoms with van der Waals surface area (Å²) in [7, 11) is 0. The molecule has 2 nitrogen and oxygen atoms in total. The molecule has 220 valence electrons. The van der Waals surface area contributed by atoms with Crippen LogP contribution in [0.4, 0.5) is 0 Å². The van der Waals surface area contributed by atoms with Gasteiger partial charge in [0.15, 0.2) is 0 Å². The fourth-order valence-electron chi connectivity index (χ4n) is 6.96. The van der Waals surface area contributed by atoms with E-state index in [1.165, 1.54) is 64.3 Å². The van der Waals surface area contributed by atoms with Gasteiger partial charge in [0, 0.05) is 17.1 Å². The molecular weight excluding hydrogens is 597 g/mol. The maximum absolute atomic E-state index is 4.96. The molecule has 0 bridgehead atoms. The van der Waals surface area contributed by atoms with Crippen LogP contribution in [0.1, 0.15) is 34.0 Å². The van der Waals surface area contributed by atoms with Crippen LogP contribution >= 0.6 is 22.7 Å². The van der Waals surface area contributed by atoms with Crippen molar-refractivity contribution in [1.82, 2.24) is 9.97 Å². The minimum Gasteiger partial charge on any atom is -0.236 e. The summed E-state index contributed by atoms with van der Waals surface area (Å²) in [4.78, 5) is 9.89. The second-order valence-electron chi connectivity index (χ2n) is 12.3. The molecule has 1 aliphatic carbocycles. The summed E-state index contributed by atoms with van der Waals surface area (Å²) in [6, 6.07) is 39.9. The van der Waals surface area contributed by atoms with Crippen LogP contribution in [0.15, 0.2) is 127 Å². The van der Waals surface area contributed by atoms with E-state index >= 15 is 0 Å². The van der Waals surface area contributed by atoms with Crippen LogP contribution in [0.3, 0.4) is 0 Å². The van der Waals surface area contributed by atoms with Crippen molar-refractivity contribution >= 4 is 70.2 Å². The Hall–Kier alpha value is -4.90. The van der Waals surface area contributed by atoms with E-state index in [1.54, 1.807) is 22.7 Å². The minimum atomic E-state index is 0.286. The SMILES string of the molecule is Cc1ccc2nc(C3=CCC(c4c5ccccc5c(-c5ccc(-c6nc7ccc(C)cc7s6)cc5)c5ccccc45)C=C3)sc2c1. The van der Waals surface area contributed by atoms with Gasteiger partial charge in [-0.25, -0.2) is 9.97 Å². The van der Waals surface area contributed by atoms with Crippen molar-refractivity contribution < 1.29 is 0 Å². The molecule has 0 saturated carbocycles. The van der Waals surface area contributed by atoms with E-state index in [2.05, 4.69) is 141 Å². The van der Waals surface area contributed by atoms with Crippen LogP contribution in [0.2, 0.25) is 0 Å². The minimum absolute atomic E-state index is 0.286. The number of benzene rings is 6. The van der Waals surface area contributed by atoms with Crippen LogP contribution in [-0.2, 0) is 0 Å². The van der Waals surface area contributed by atoms with Crippen LogP contribution in [0, 0.1) is 13.8 Å². The van der Waals surface area contributed by atoms with Gasteiger partial charge in [0.05, 0.1) is 20.4 Å². The van der Waals surface area contributed by atoms with E-state index in [1.807, 2.05) is 0 Å². The Balaban J connectivity index is 1.12. The number of hydrogen-bond donors (Lipinski definition) is 0. The van der Waals surface area contributed by atoms with Crippen molar-refractivity contribution in [3.63, 3.8) is 0 Å². The normalized spacial score (nSPS) is 14.9. The van der Waals surface area contributed by atoms with Gasteiger partial charge in [-0.15, -0.1) is 22.7 Å². The van der Waals surface area contributed by atoms with Gasteiger partial charge in [-0.05, 0) is 93.9 Å². The van der Waals surface area contributed by atoms with Gasteiger partial charge < -0.3 is 0 Å². The third kappa shape index (κ3) is 4.60. The first-order valence-corrected chi connectivity index (χ1v) is 17.4. The topological polar surface area (TPSA) is 25.8 Å². The Kier molecular flexibility index (Phi) is 6.48. The molecule has 0 aliphatic heterocycles. The first kappa shape index (κ1) is 27.4. The van der Waals surface area contributed by atoms with E-state index in [0.717, 1.165) is 33.0 Å². The fourth-order valence-corrected chi connectivity index (χ4v) is 9.11. The van der Waals surface area contributed by atoms with Gasteiger partial charge in [0.1, 0.15) is 10.0 Å². The van der Waals surface area contributed by atoms with Crippen LogP contribution in [0.25, 0.3) is 69.2 Å². The Bertz CT molecular complexity index is 2470. The largest absolute Gasteiger partial charge is 0.236 e. The smallest absolute Gasteiger partial charge is 0.124 e. The molecule has 1 aliphatic rings. The lowest BCUT2D eigenvalue weighted by Gasteiger charge is -2.23. The van der Waals surface area contributed by atoms with Gasteiger partial charge in [0.2, 0.25) is 0 Å². The molecule has 0 N–H and O–H groups in total. The number of rotatable bonds is 4. The van der Waals surface area contributed by atoms with Gasteiger partial charge in [0.25, 0.3) is 0 Å². The molecule has 46 heavy (non-hydrogen) atoms. The van der Waals surface area contributed by atoms with Crippen molar-refractivity contribution in [2.45, 2.75) is 26.2 Å². The highest BCUT2D eigenvalue weighted by atomic mass is 32.1. The van der Waals surface area contributed by atoms with Gasteiger partial charge in [-0.2, -0.15) is 0 Å². The molecule has 2 heterocycles. The molecule has 0 spiro atoms. The quantitative estimate of drug-likeness (QED) is 0.182. The molecule has 0 saturated heterocycles. The third-order valence-corrected chi connectivity index (χ3v) is 11.3. The molecule has 0 amide bonds. The number of allylic oxidation sites excluding steroid dienone is 4. The molecule has 0 radical (unpaired) electrons. The zero-order valence-electron chi connectivity index (χ0n) is 25.6. The Morgan fingerprint density at radius 2 is 1.13 bits per heavy atom. The zero-order chi connectivity index (χ0) is 30.8. The maximum atomic E-state index is 4.96. The van der Waals surface area contributed by atoms with Crippen LogP contribution in [0.5, 0.6) is 0 Å². The van der Waals surface area contributed by atoms with Crippen molar-refractivity contribution in [3.05, 3.63) is 149 Å². The van der Waals surface area contributed by atoms with Crippen LogP contribution < -0.4 is 0 Å². The molecule has 9 rings (SSSR count). The zero-order valence-corrected chi connectivity index (χ0v) is 27.3. The van der Waals surface area contributed by atoms with Crippen molar-refractivity contribution in [3.8, 4) is 21.7 Å². The van der Waals surface area contributed by atoms with E-state index < -0.39 is 0 Å². The highest BCUT2D eigenvalue weighted by molar-refractivity contribution is 7.21. The highest BCUT2D eigenvalue weighted by Gasteiger charge is 2.22. The first-order valence-electron chi connectivity index (χ1n) is 15.8. The summed E-state index contributed by atoms with van der Waals surface area (Å²) in [5.74, 6) is 0.286. The molecule has 2 aromatic heterocycles. The Labute approximate surface area is 276 Å². The Morgan fingerprint density at radius 1 is 0.587 bits per heavy atom. The summed E-state index contributed by atoms with van der Waals surface area (Å²) in [6.07, 6.45) is 8.02. The van der Waals surface area contributed by atoms with Crippen LogP contribution in [-0.4, -0.2) is 9.97 Å². The fraction of sp³-hybridized carbons (Fsp3) is 0.0952. The number of aryl methyl sites for hydroxylation is 2. The average molecular weight is 627 g/mol. The number of thiazole rings is 2. The molecule has 6 aromatic carbocycles. The molecule has 1 atom stereocenters. The summed E-state index contributed by atoms with van der Waals surface area (Å²) < 4.78 is 2.49. The van der Waals surface area contributed by atoms with Gasteiger partial charge >= 0.3 is 0 Å². The predicted molar refractivity (Wildman–Crippen MR) is 199 cm³/mol. The lowest BCUT2D eigenvalue weighted by atomic mass is 9.81. The second-order valence-corrected chi connectivity index (χ2v) is 14.4.